The SMILES string of the molecule is CCCCCCOOC(=O)C(C)(C)O. The molecule has 0 aliphatic rings. The predicted octanol–water partition coefficient (Wildman–Crippen LogP) is 1.81. The summed E-state index contributed by atoms with van der Waals surface area (Å²) in [6.45, 7) is 5.22. The highest BCUT2D eigenvalue weighted by atomic mass is 17.2. The number of aliphatic hydroxyl groups is 1. The van der Waals surface area contributed by atoms with Crippen molar-refractivity contribution in [3.63, 3.8) is 0 Å². The van der Waals surface area contributed by atoms with Crippen LogP contribution in [-0.4, -0.2) is 23.3 Å². The Kier molecular flexibility index (Phi) is 6.49. The summed E-state index contributed by atoms with van der Waals surface area (Å²) >= 11 is 0. The van der Waals surface area contributed by atoms with Crippen molar-refractivity contribution in [1.29, 1.82) is 0 Å². The minimum Gasteiger partial charge on any atom is -0.379 e. The molecule has 0 aliphatic carbocycles. The van der Waals surface area contributed by atoms with Gasteiger partial charge in [-0.2, -0.15) is 4.89 Å². The Morgan fingerprint density at radius 3 is 2.43 bits per heavy atom. The van der Waals surface area contributed by atoms with E-state index in [4.69, 9.17) is 0 Å². The Balaban J connectivity index is 3.33. The third kappa shape index (κ3) is 6.86. The van der Waals surface area contributed by atoms with Crippen LogP contribution in [0.4, 0.5) is 0 Å². The monoisotopic (exact) mass is 204 g/mol. The average molecular weight is 204 g/mol. The first kappa shape index (κ1) is 13.4. The Morgan fingerprint density at radius 2 is 1.93 bits per heavy atom. The number of unbranched alkanes of at least 4 members (excludes halogenated alkanes) is 3. The van der Waals surface area contributed by atoms with E-state index < -0.39 is 11.6 Å². The zero-order chi connectivity index (χ0) is 11.0. The predicted molar refractivity (Wildman–Crippen MR) is 52.5 cm³/mol. The van der Waals surface area contributed by atoms with E-state index in [9.17, 15) is 9.90 Å². The van der Waals surface area contributed by atoms with Crippen molar-refractivity contribution >= 4 is 5.97 Å². The first-order chi connectivity index (χ1) is 6.48. The van der Waals surface area contributed by atoms with Gasteiger partial charge in [0.1, 0.15) is 0 Å². The summed E-state index contributed by atoms with van der Waals surface area (Å²) < 4.78 is 0. The van der Waals surface area contributed by atoms with Crippen LogP contribution in [0.15, 0.2) is 0 Å². The maximum absolute atomic E-state index is 11.0. The van der Waals surface area contributed by atoms with Crippen molar-refractivity contribution in [3.8, 4) is 0 Å². The minimum atomic E-state index is -1.48. The molecule has 0 heterocycles. The summed E-state index contributed by atoms with van der Waals surface area (Å²) in [5.74, 6) is -0.756. The second-order valence-electron chi connectivity index (χ2n) is 3.81. The van der Waals surface area contributed by atoms with Crippen LogP contribution in [0.3, 0.4) is 0 Å². The number of hydrogen-bond donors (Lipinski definition) is 1. The summed E-state index contributed by atoms with van der Waals surface area (Å²) in [6.07, 6.45) is 4.25. The van der Waals surface area contributed by atoms with Gasteiger partial charge in [0.2, 0.25) is 0 Å². The van der Waals surface area contributed by atoms with Gasteiger partial charge in [0.15, 0.2) is 5.60 Å². The van der Waals surface area contributed by atoms with E-state index in [2.05, 4.69) is 16.7 Å². The topological polar surface area (TPSA) is 55.8 Å². The lowest BCUT2D eigenvalue weighted by Crippen LogP contribution is -2.33. The molecule has 0 radical (unpaired) electrons. The summed E-state index contributed by atoms with van der Waals surface area (Å²) in [5, 5.41) is 9.17. The quantitative estimate of drug-likeness (QED) is 0.390. The molecule has 84 valence electrons. The molecular weight excluding hydrogens is 184 g/mol. The van der Waals surface area contributed by atoms with Crippen LogP contribution in [-0.2, 0) is 14.6 Å². The molecule has 0 bridgehead atoms. The summed E-state index contributed by atoms with van der Waals surface area (Å²) in [5.41, 5.74) is -1.48. The normalized spacial score (nSPS) is 11.4. The lowest BCUT2D eigenvalue weighted by atomic mass is 10.1. The molecule has 0 atom stereocenters. The fourth-order valence-corrected chi connectivity index (χ4v) is 0.785. The average Bonchev–Trinajstić information content (AvgIpc) is 2.09. The third-order valence-corrected chi connectivity index (χ3v) is 1.72. The van der Waals surface area contributed by atoms with E-state index in [-0.39, 0.29) is 0 Å². The maximum Gasteiger partial charge on any atom is 0.372 e. The van der Waals surface area contributed by atoms with Gasteiger partial charge in [-0.15, -0.1) is 0 Å². The molecule has 0 amide bonds. The molecule has 4 heteroatoms. The second-order valence-corrected chi connectivity index (χ2v) is 3.81. The van der Waals surface area contributed by atoms with Crippen molar-refractivity contribution in [2.24, 2.45) is 0 Å². The molecular formula is C10H20O4. The molecule has 0 fully saturated rings. The van der Waals surface area contributed by atoms with Crippen molar-refractivity contribution in [1.82, 2.24) is 0 Å². The van der Waals surface area contributed by atoms with Crippen LogP contribution < -0.4 is 0 Å². The zero-order valence-corrected chi connectivity index (χ0v) is 9.21. The van der Waals surface area contributed by atoms with Gasteiger partial charge in [0.25, 0.3) is 0 Å². The van der Waals surface area contributed by atoms with E-state index in [1.54, 1.807) is 0 Å². The highest BCUT2D eigenvalue weighted by Crippen LogP contribution is 2.05. The highest BCUT2D eigenvalue weighted by molar-refractivity contribution is 5.77. The Labute approximate surface area is 85.1 Å². The number of hydrogen-bond acceptors (Lipinski definition) is 4. The summed E-state index contributed by atoms with van der Waals surface area (Å²) in [7, 11) is 0. The molecule has 0 spiro atoms. The van der Waals surface area contributed by atoms with Crippen LogP contribution in [0.25, 0.3) is 0 Å². The molecule has 0 aromatic rings. The van der Waals surface area contributed by atoms with E-state index in [1.807, 2.05) is 0 Å². The molecule has 0 aromatic heterocycles. The summed E-state index contributed by atoms with van der Waals surface area (Å²) in [6, 6.07) is 0. The third-order valence-electron chi connectivity index (χ3n) is 1.72. The molecule has 0 unspecified atom stereocenters. The van der Waals surface area contributed by atoms with Crippen molar-refractivity contribution in [2.45, 2.75) is 52.1 Å². The molecule has 1 N–H and O–H groups in total. The summed E-state index contributed by atoms with van der Waals surface area (Å²) in [4.78, 5) is 20.0. The van der Waals surface area contributed by atoms with Crippen molar-refractivity contribution in [3.05, 3.63) is 0 Å². The van der Waals surface area contributed by atoms with Crippen molar-refractivity contribution < 1.29 is 19.7 Å². The van der Waals surface area contributed by atoms with Gasteiger partial charge in [-0.25, -0.2) is 4.79 Å². The number of carbonyl (C=O) groups excluding carboxylic acids is 1. The van der Waals surface area contributed by atoms with Crippen LogP contribution in [0.1, 0.15) is 46.5 Å². The fourth-order valence-electron chi connectivity index (χ4n) is 0.785. The Morgan fingerprint density at radius 1 is 1.29 bits per heavy atom. The van der Waals surface area contributed by atoms with Gasteiger partial charge in [0, 0.05) is 0 Å². The smallest absolute Gasteiger partial charge is 0.372 e. The van der Waals surface area contributed by atoms with Crippen molar-refractivity contribution in [2.75, 3.05) is 6.61 Å². The molecule has 0 rings (SSSR count). The van der Waals surface area contributed by atoms with E-state index in [0.717, 1.165) is 25.7 Å². The van der Waals surface area contributed by atoms with E-state index in [1.165, 1.54) is 13.8 Å². The minimum absolute atomic E-state index is 0.391. The van der Waals surface area contributed by atoms with Gasteiger partial charge in [0.05, 0.1) is 6.61 Å². The van der Waals surface area contributed by atoms with Gasteiger partial charge >= 0.3 is 5.97 Å². The van der Waals surface area contributed by atoms with Gasteiger partial charge < -0.3 is 5.11 Å². The molecule has 4 nitrogen and oxygen atoms in total. The molecule has 14 heavy (non-hydrogen) atoms. The first-order valence-corrected chi connectivity index (χ1v) is 5.04. The first-order valence-electron chi connectivity index (χ1n) is 5.04. The van der Waals surface area contributed by atoms with E-state index in [0.29, 0.717) is 6.61 Å². The van der Waals surface area contributed by atoms with Gasteiger partial charge in [-0.1, -0.05) is 26.2 Å². The molecule has 0 saturated carbocycles. The standard InChI is InChI=1S/C10H20O4/c1-4-5-6-7-8-13-14-9(11)10(2,3)12/h12H,4-8H2,1-3H3. The largest absolute Gasteiger partial charge is 0.379 e. The van der Waals surface area contributed by atoms with Gasteiger partial charge in [-0.3, -0.25) is 4.89 Å². The van der Waals surface area contributed by atoms with Crippen LogP contribution in [0.2, 0.25) is 0 Å². The number of rotatable bonds is 7. The van der Waals surface area contributed by atoms with Gasteiger partial charge in [-0.05, 0) is 20.3 Å². The Hall–Kier alpha value is -0.610. The van der Waals surface area contributed by atoms with Crippen LogP contribution in [0, 0.1) is 0 Å². The maximum atomic E-state index is 11.0. The zero-order valence-electron chi connectivity index (χ0n) is 9.21. The van der Waals surface area contributed by atoms with E-state index >= 15 is 0 Å². The lowest BCUT2D eigenvalue weighted by Gasteiger charge is -2.13. The van der Waals surface area contributed by atoms with Crippen LogP contribution in [0.5, 0.6) is 0 Å². The molecule has 0 aliphatic heterocycles. The lowest BCUT2D eigenvalue weighted by molar-refractivity contribution is -0.283. The molecule has 0 aromatic carbocycles. The van der Waals surface area contributed by atoms with Crippen LogP contribution >= 0.6 is 0 Å². The highest BCUT2D eigenvalue weighted by Gasteiger charge is 2.26. The fraction of sp³-hybridized carbons (Fsp3) is 0.900. The number of carbonyl (C=O) groups is 1. The molecule has 0 saturated heterocycles. The second kappa shape index (κ2) is 6.79. The Bertz CT molecular complexity index is 160.